The summed E-state index contributed by atoms with van der Waals surface area (Å²) < 4.78 is 16.6. The van der Waals surface area contributed by atoms with Gasteiger partial charge in [0.2, 0.25) is 0 Å². The molecule has 0 atom stereocenters. The van der Waals surface area contributed by atoms with Gasteiger partial charge in [0.25, 0.3) is 0 Å². The first kappa shape index (κ1) is 17.2. The maximum Gasteiger partial charge on any atom is 0.181 e. The highest BCUT2D eigenvalue weighted by Crippen LogP contribution is 2.40. The van der Waals surface area contributed by atoms with E-state index in [4.69, 9.17) is 37.2 Å². The van der Waals surface area contributed by atoms with Gasteiger partial charge in [-0.05, 0) is 35.9 Å². The zero-order valence-electron chi connectivity index (χ0n) is 14.5. The number of benzene rings is 3. The van der Waals surface area contributed by atoms with Gasteiger partial charge in [0.15, 0.2) is 22.9 Å². The Morgan fingerprint density at radius 1 is 0.893 bits per heavy atom. The van der Waals surface area contributed by atoms with Crippen LogP contribution in [0.2, 0.25) is 10.0 Å². The number of ether oxygens (including phenoxy) is 2. The molecule has 0 unspecified atom stereocenters. The molecule has 1 N–H and O–H groups in total. The molecule has 1 aliphatic rings. The van der Waals surface area contributed by atoms with Gasteiger partial charge in [0.1, 0.15) is 13.2 Å². The van der Waals surface area contributed by atoms with E-state index < -0.39 is 0 Å². The molecule has 0 fully saturated rings. The second-order valence-electron chi connectivity index (χ2n) is 6.32. The average Bonchev–Trinajstić information content (AvgIpc) is 3.11. The Balaban J connectivity index is 1.52. The second kappa shape index (κ2) is 6.93. The van der Waals surface area contributed by atoms with Gasteiger partial charge in [-0.1, -0.05) is 46.6 Å². The Kier molecular flexibility index (Phi) is 4.26. The van der Waals surface area contributed by atoms with Crippen molar-refractivity contribution < 1.29 is 14.0 Å². The highest BCUT2D eigenvalue weighted by atomic mass is 35.5. The van der Waals surface area contributed by atoms with E-state index in [9.17, 15) is 0 Å². The summed E-state index contributed by atoms with van der Waals surface area (Å²) in [5.41, 5.74) is 3.14. The maximum absolute atomic E-state index is 6.71. The zero-order chi connectivity index (χ0) is 19.1. The maximum atomic E-state index is 6.71. The van der Waals surface area contributed by atoms with Gasteiger partial charge in [0, 0.05) is 16.7 Å². The van der Waals surface area contributed by atoms with Crippen LogP contribution in [0.15, 0.2) is 59.1 Å². The molecular formula is C21H14Cl2N2O3. The molecule has 28 heavy (non-hydrogen) atoms. The number of halogens is 2. The highest BCUT2D eigenvalue weighted by Gasteiger charge is 2.16. The summed E-state index contributed by atoms with van der Waals surface area (Å²) in [5, 5.41) is 9.33. The summed E-state index contributed by atoms with van der Waals surface area (Å²) in [4.78, 5) is 0. The minimum absolute atomic E-state index is 0.537. The molecule has 7 heteroatoms. The molecular weight excluding hydrogens is 399 g/mol. The molecule has 140 valence electrons. The minimum Gasteiger partial charge on any atom is -0.486 e. The van der Waals surface area contributed by atoms with Gasteiger partial charge in [0.05, 0.1) is 16.1 Å². The Morgan fingerprint density at radius 3 is 2.64 bits per heavy atom. The van der Waals surface area contributed by atoms with E-state index in [1.165, 1.54) is 0 Å². The van der Waals surface area contributed by atoms with Crippen LogP contribution in [0.5, 0.6) is 11.5 Å². The smallest absolute Gasteiger partial charge is 0.181 e. The number of anilines is 2. The number of nitrogens with one attached hydrogen (secondary N) is 1. The Bertz CT molecular complexity index is 1190. The molecule has 0 saturated heterocycles. The number of hydrogen-bond acceptors (Lipinski definition) is 5. The lowest BCUT2D eigenvalue weighted by molar-refractivity contribution is 0.171. The highest BCUT2D eigenvalue weighted by molar-refractivity contribution is 6.36. The van der Waals surface area contributed by atoms with Crippen LogP contribution in [0, 0.1) is 0 Å². The normalized spacial score (nSPS) is 12.9. The van der Waals surface area contributed by atoms with Crippen LogP contribution >= 0.6 is 23.2 Å². The van der Waals surface area contributed by atoms with Crippen molar-refractivity contribution in [2.24, 2.45) is 0 Å². The van der Waals surface area contributed by atoms with Crippen LogP contribution in [0.3, 0.4) is 0 Å². The predicted octanol–water partition coefficient (Wildman–Crippen LogP) is 6.32. The van der Waals surface area contributed by atoms with Crippen molar-refractivity contribution >= 4 is 45.7 Å². The molecule has 1 aromatic heterocycles. The van der Waals surface area contributed by atoms with Crippen LogP contribution in [-0.2, 0) is 0 Å². The lowest BCUT2D eigenvalue weighted by Crippen LogP contribution is -2.15. The summed E-state index contributed by atoms with van der Waals surface area (Å²) in [7, 11) is 0. The largest absolute Gasteiger partial charge is 0.486 e. The molecule has 0 spiro atoms. The fourth-order valence-electron chi connectivity index (χ4n) is 3.19. The number of hydrogen-bond donors (Lipinski definition) is 1. The summed E-state index contributed by atoms with van der Waals surface area (Å²) in [6, 6.07) is 16.9. The van der Waals surface area contributed by atoms with Crippen LogP contribution in [-0.4, -0.2) is 18.4 Å². The van der Waals surface area contributed by atoms with Crippen molar-refractivity contribution in [2.45, 2.75) is 0 Å². The first-order chi connectivity index (χ1) is 13.7. The van der Waals surface area contributed by atoms with Crippen molar-refractivity contribution in [3.8, 4) is 22.6 Å². The standard InChI is InChI=1S/C21H14Cl2N2O3/c22-13-5-6-15-18(11-13)28-25-21(15)24-16-3-1-2-14(20(16)23)12-4-7-17-19(10-12)27-9-8-26-17/h1-7,10-11H,8-9H2,(H,24,25). The van der Waals surface area contributed by atoms with Crippen molar-refractivity contribution in [3.05, 3.63) is 64.6 Å². The lowest BCUT2D eigenvalue weighted by Gasteiger charge is -2.19. The molecule has 2 heterocycles. The number of aromatic nitrogens is 1. The van der Waals surface area contributed by atoms with E-state index in [1.807, 2.05) is 42.5 Å². The first-order valence-electron chi connectivity index (χ1n) is 8.69. The molecule has 0 saturated carbocycles. The third-order valence-corrected chi connectivity index (χ3v) is 5.18. The fourth-order valence-corrected chi connectivity index (χ4v) is 3.64. The third-order valence-electron chi connectivity index (χ3n) is 4.54. The molecule has 3 aromatic carbocycles. The Labute approximate surface area is 170 Å². The number of rotatable bonds is 3. The third kappa shape index (κ3) is 3.03. The average molecular weight is 413 g/mol. The molecule has 5 nitrogen and oxygen atoms in total. The predicted molar refractivity (Wildman–Crippen MR) is 110 cm³/mol. The van der Waals surface area contributed by atoms with Crippen LogP contribution in [0.1, 0.15) is 0 Å². The summed E-state index contributed by atoms with van der Waals surface area (Å²) >= 11 is 12.7. The molecule has 4 aromatic rings. The quantitative estimate of drug-likeness (QED) is 0.426. The lowest BCUT2D eigenvalue weighted by atomic mass is 10.0. The van der Waals surface area contributed by atoms with Gasteiger partial charge in [-0.15, -0.1) is 0 Å². The Morgan fingerprint density at radius 2 is 1.75 bits per heavy atom. The molecule has 0 bridgehead atoms. The summed E-state index contributed by atoms with van der Waals surface area (Å²) in [6.07, 6.45) is 0. The van der Waals surface area contributed by atoms with Crippen LogP contribution in [0.4, 0.5) is 11.5 Å². The van der Waals surface area contributed by atoms with Gasteiger partial charge in [-0.2, -0.15) is 0 Å². The summed E-state index contributed by atoms with van der Waals surface area (Å²) in [6.45, 7) is 1.10. The number of nitrogens with zero attached hydrogens (tertiary/aromatic N) is 1. The molecule has 0 aliphatic carbocycles. The van der Waals surface area contributed by atoms with Crippen molar-refractivity contribution in [1.29, 1.82) is 0 Å². The van der Waals surface area contributed by atoms with Gasteiger partial charge < -0.3 is 19.3 Å². The van der Waals surface area contributed by atoms with Gasteiger partial charge >= 0.3 is 0 Å². The van der Waals surface area contributed by atoms with E-state index in [-0.39, 0.29) is 0 Å². The van der Waals surface area contributed by atoms with E-state index in [1.54, 1.807) is 12.1 Å². The summed E-state index contributed by atoms with van der Waals surface area (Å²) in [5.74, 6) is 2.04. The van der Waals surface area contributed by atoms with E-state index in [0.29, 0.717) is 34.7 Å². The van der Waals surface area contributed by atoms with Crippen molar-refractivity contribution in [2.75, 3.05) is 18.5 Å². The SMILES string of the molecule is Clc1ccc2c(Nc3cccc(-c4ccc5c(c4)OCCO5)c3Cl)noc2c1. The molecule has 0 amide bonds. The monoisotopic (exact) mass is 412 g/mol. The van der Waals surface area contributed by atoms with Gasteiger partial charge in [-0.25, -0.2) is 0 Å². The van der Waals surface area contributed by atoms with Crippen molar-refractivity contribution in [3.63, 3.8) is 0 Å². The second-order valence-corrected chi connectivity index (χ2v) is 7.14. The Hall–Kier alpha value is -2.89. The molecule has 1 aliphatic heterocycles. The van der Waals surface area contributed by atoms with E-state index in [2.05, 4.69) is 10.5 Å². The van der Waals surface area contributed by atoms with Crippen molar-refractivity contribution in [1.82, 2.24) is 5.16 Å². The molecule has 0 radical (unpaired) electrons. The topological polar surface area (TPSA) is 56.5 Å². The fraction of sp³-hybridized carbons (Fsp3) is 0.0952. The van der Waals surface area contributed by atoms with E-state index in [0.717, 1.165) is 33.7 Å². The van der Waals surface area contributed by atoms with Crippen LogP contribution < -0.4 is 14.8 Å². The first-order valence-corrected chi connectivity index (χ1v) is 9.45. The van der Waals surface area contributed by atoms with Crippen LogP contribution in [0.25, 0.3) is 22.1 Å². The zero-order valence-corrected chi connectivity index (χ0v) is 16.1. The van der Waals surface area contributed by atoms with Gasteiger partial charge in [-0.3, -0.25) is 0 Å². The number of fused-ring (bicyclic) bond motifs is 2. The minimum atomic E-state index is 0.537. The van der Waals surface area contributed by atoms with E-state index >= 15 is 0 Å². The molecule has 5 rings (SSSR count).